The minimum absolute atomic E-state index is 0.134. The molecule has 0 bridgehead atoms. The Kier molecular flexibility index (Phi) is 4.00. The highest BCUT2D eigenvalue weighted by Crippen LogP contribution is 2.31. The number of nitrogens with zero attached hydrogens (tertiary/aromatic N) is 2. The summed E-state index contributed by atoms with van der Waals surface area (Å²) in [6.07, 6.45) is 10.3. The number of H-pyrrole nitrogens is 1. The number of imidazole rings is 1. The molecule has 6 heteroatoms. The maximum atomic E-state index is 11.6. The smallest absolute Gasteiger partial charge is 0.156 e. The summed E-state index contributed by atoms with van der Waals surface area (Å²) in [6.45, 7) is 0.134. The van der Waals surface area contributed by atoms with E-state index in [4.69, 9.17) is 11.2 Å². The molecule has 0 aliphatic carbocycles. The zero-order valence-electron chi connectivity index (χ0n) is 11.9. The lowest BCUT2D eigenvalue weighted by molar-refractivity contribution is 0.370. The molecule has 1 aromatic carbocycles. The standard InChI is InChI=1S/C16H13N3O2S/c1-3-8-21-15-9-11(22(2)20)4-5-12(15)16-18-13-6-7-17-10-14(13)19-16/h1,4-7,9-10H,8H2,2H3,(H,18,19). The van der Waals surface area contributed by atoms with Crippen molar-refractivity contribution in [2.24, 2.45) is 0 Å². The Morgan fingerprint density at radius 2 is 2.27 bits per heavy atom. The van der Waals surface area contributed by atoms with Gasteiger partial charge in [0, 0.05) is 12.3 Å². The van der Waals surface area contributed by atoms with Crippen LogP contribution in [0.2, 0.25) is 0 Å². The van der Waals surface area contributed by atoms with Crippen LogP contribution in [0.15, 0.2) is 41.6 Å². The van der Waals surface area contributed by atoms with Gasteiger partial charge in [-0.25, -0.2) is 4.98 Å². The zero-order valence-corrected chi connectivity index (χ0v) is 12.7. The Morgan fingerprint density at radius 1 is 1.41 bits per heavy atom. The molecule has 0 amide bonds. The molecule has 1 N–H and O–H groups in total. The Bertz CT molecular complexity index is 819. The van der Waals surface area contributed by atoms with E-state index in [9.17, 15) is 4.55 Å². The molecule has 5 nitrogen and oxygen atoms in total. The van der Waals surface area contributed by atoms with Crippen LogP contribution in [-0.4, -0.2) is 32.4 Å². The van der Waals surface area contributed by atoms with Gasteiger partial charge in [-0.15, -0.1) is 6.42 Å². The molecule has 0 aliphatic rings. The number of rotatable bonds is 4. The first-order valence-corrected chi connectivity index (χ1v) is 8.08. The monoisotopic (exact) mass is 311 g/mol. The number of ether oxygens (including phenoxy) is 1. The topological polar surface area (TPSA) is 73.9 Å². The van der Waals surface area contributed by atoms with Crippen LogP contribution in [0.4, 0.5) is 0 Å². The fraction of sp³-hybridized carbons (Fsp3) is 0.125. The van der Waals surface area contributed by atoms with E-state index in [-0.39, 0.29) is 6.61 Å². The van der Waals surface area contributed by atoms with Gasteiger partial charge in [-0.1, -0.05) is 5.92 Å². The van der Waals surface area contributed by atoms with Gasteiger partial charge in [-0.3, -0.25) is 4.98 Å². The summed E-state index contributed by atoms with van der Waals surface area (Å²) in [5.74, 6) is 3.64. The van der Waals surface area contributed by atoms with Gasteiger partial charge in [0.2, 0.25) is 0 Å². The lowest BCUT2D eigenvalue weighted by atomic mass is 10.2. The molecule has 3 rings (SSSR count). The quantitative estimate of drug-likeness (QED) is 0.593. The SMILES string of the molecule is C#CCOc1cc([S+](C)[O-])ccc1-c1nc2cnccc2[nH]1. The van der Waals surface area contributed by atoms with Crippen molar-refractivity contribution in [1.82, 2.24) is 15.0 Å². The normalized spacial score (nSPS) is 12.0. The first-order valence-electron chi connectivity index (χ1n) is 6.53. The van der Waals surface area contributed by atoms with Gasteiger partial charge in [0.15, 0.2) is 4.90 Å². The fourth-order valence-corrected chi connectivity index (χ4v) is 2.63. The van der Waals surface area contributed by atoms with Crippen molar-refractivity contribution in [1.29, 1.82) is 0 Å². The van der Waals surface area contributed by atoms with Gasteiger partial charge in [-0.2, -0.15) is 0 Å². The lowest BCUT2D eigenvalue weighted by Crippen LogP contribution is -2.01. The number of nitrogens with one attached hydrogen (secondary N) is 1. The predicted octanol–water partition coefficient (Wildman–Crippen LogP) is 2.37. The van der Waals surface area contributed by atoms with Gasteiger partial charge in [0.25, 0.3) is 0 Å². The van der Waals surface area contributed by atoms with Crippen molar-refractivity contribution in [3.8, 4) is 29.5 Å². The minimum atomic E-state index is -1.10. The van der Waals surface area contributed by atoms with E-state index in [0.717, 1.165) is 16.6 Å². The number of pyridine rings is 1. The van der Waals surface area contributed by atoms with Crippen LogP contribution in [0.5, 0.6) is 5.75 Å². The molecule has 0 radical (unpaired) electrons. The van der Waals surface area contributed by atoms with Crippen molar-refractivity contribution in [2.75, 3.05) is 12.9 Å². The van der Waals surface area contributed by atoms with E-state index < -0.39 is 11.2 Å². The summed E-state index contributed by atoms with van der Waals surface area (Å²) in [4.78, 5) is 12.4. The molecule has 1 unspecified atom stereocenters. The molecule has 0 fully saturated rings. The molecule has 2 heterocycles. The highest BCUT2D eigenvalue weighted by atomic mass is 32.2. The second-order valence-electron chi connectivity index (χ2n) is 4.58. The van der Waals surface area contributed by atoms with Crippen molar-refractivity contribution < 1.29 is 9.29 Å². The number of benzene rings is 1. The van der Waals surface area contributed by atoms with E-state index in [2.05, 4.69) is 20.9 Å². The summed E-state index contributed by atoms with van der Waals surface area (Å²) in [7, 11) is 0. The predicted molar refractivity (Wildman–Crippen MR) is 86.0 cm³/mol. The molecule has 2 aromatic heterocycles. The number of aromatic amines is 1. The van der Waals surface area contributed by atoms with Gasteiger partial charge in [-0.05, 0) is 29.4 Å². The number of fused-ring (bicyclic) bond motifs is 1. The first-order chi connectivity index (χ1) is 10.7. The molecule has 22 heavy (non-hydrogen) atoms. The first kappa shape index (κ1) is 14.4. The van der Waals surface area contributed by atoms with Crippen LogP contribution in [0, 0.1) is 12.3 Å². The van der Waals surface area contributed by atoms with Crippen LogP contribution in [0.3, 0.4) is 0 Å². The van der Waals surface area contributed by atoms with E-state index in [1.165, 1.54) is 0 Å². The summed E-state index contributed by atoms with van der Waals surface area (Å²) in [6, 6.07) is 7.20. The molecule has 0 saturated heterocycles. The third-order valence-electron chi connectivity index (χ3n) is 3.14. The number of hydrogen-bond acceptors (Lipinski definition) is 4. The molecule has 0 aliphatic heterocycles. The molecular formula is C16H13N3O2S. The second kappa shape index (κ2) is 6.10. The van der Waals surface area contributed by atoms with Crippen LogP contribution in [0.25, 0.3) is 22.4 Å². The molecule has 110 valence electrons. The molecule has 3 aromatic rings. The third kappa shape index (κ3) is 2.77. The van der Waals surface area contributed by atoms with E-state index in [0.29, 0.717) is 16.5 Å². The molecule has 1 atom stereocenters. The van der Waals surface area contributed by atoms with Crippen LogP contribution >= 0.6 is 0 Å². The van der Waals surface area contributed by atoms with Gasteiger partial charge in [0.1, 0.15) is 30.0 Å². The number of aromatic nitrogens is 3. The minimum Gasteiger partial charge on any atom is -0.612 e. The number of terminal acetylenes is 1. The summed E-state index contributed by atoms with van der Waals surface area (Å²) in [5.41, 5.74) is 2.42. The maximum absolute atomic E-state index is 11.6. The molecular weight excluding hydrogens is 298 g/mol. The van der Waals surface area contributed by atoms with Crippen molar-refractivity contribution in [2.45, 2.75) is 4.90 Å². The highest BCUT2D eigenvalue weighted by molar-refractivity contribution is 7.90. The van der Waals surface area contributed by atoms with Gasteiger partial charge < -0.3 is 14.3 Å². The average Bonchev–Trinajstić information content (AvgIpc) is 2.96. The lowest BCUT2D eigenvalue weighted by Gasteiger charge is -2.10. The van der Waals surface area contributed by atoms with E-state index >= 15 is 0 Å². The average molecular weight is 311 g/mol. The second-order valence-corrected chi connectivity index (χ2v) is 5.96. The fourth-order valence-electron chi connectivity index (χ4n) is 2.10. The van der Waals surface area contributed by atoms with Crippen molar-refractivity contribution >= 4 is 22.2 Å². The van der Waals surface area contributed by atoms with E-state index in [1.54, 1.807) is 30.8 Å². The summed E-state index contributed by atoms with van der Waals surface area (Å²) >= 11 is -1.10. The van der Waals surface area contributed by atoms with Crippen molar-refractivity contribution in [3.63, 3.8) is 0 Å². The summed E-state index contributed by atoms with van der Waals surface area (Å²) in [5, 5.41) is 0. The molecule has 0 saturated carbocycles. The summed E-state index contributed by atoms with van der Waals surface area (Å²) < 4.78 is 17.2. The number of hydrogen-bond donors (Lipinski definition) is 1. The van der Waals surface area contributed by atoms with E-state index in [1.807, 2.05) is 12.1 Å². The third-order valence-corrected chi connectivity index (χ3v) is 4.05. The maximum Gasteiger partial charge on any atom is 0.156 e. The van der Waals surface area contributed by atoms with Gasteiger partial charge in [0.05, 0.1) is 17.3 Å². The largest absolute Gasteiger partial charge is 0.612 e. The van der Waals surface area contributed by atoms with Gasteiger partial charge >= 0.3 is 0 Å². The Balaban J connectivity index is 2.09. The Morgan fingerprint density at radius 3 is 3.00 bits per heavy atom. The van der Waals surface area contributed by atoms with Crippen molar-refractivity contribution in [3.05, 3.63) is 36.7 Å². The highest BCUT2D eigenvalue weighted by Gasteiger charge is 2.15. The van der Waals surface area contributed by atoms with Crippen LogP contribution < -0.4 is 4.74 Å². The van der Waals surface area contributed by atoms with Crippen LogP contribution in [0.1, 0.15) is 0 Å². The molecule has 0 spiro atoms. The van der Waals surface area contributed by atoms with Crippen LogP contribution in [-0.2, 0) is 11.2 Å². The zero-order chi connectivity index (χ0) is 15.5. The Labute approximate surface area is 130 Å². The Hall–Kier alpha value is -2.49.